The van der Waals surface area contributed by atoms with E-state index in [0.717, 1.165) is 50.5 Å². The highest BCUT2D eigenvalue weighted by atomic mass is 35.5. The Hall–Kier alpha value is -3.54. The van der Waals surface area contributed by atoms with Crippen LogP contribution in [-0.4, -0.2) is 22.0 Å². The van der Waals surface area contributed by atoms with Gasteiger partial charge in [0.25, 0.3) is 0 Å². The van der Waals surface area contributed by atoms with Crippen LogP contribution in [0, 0.1) is 6.92 Å². The average Bonchev–Trinajstić information content (AvgIpc) is 3.39. The van der Waals surface area contributed by atoms with Gasteiger partial charge in [-0.15, -0.1) is 0 Å². The van der Waals surface area contributed by atoms with Gasteiger partial charge in [0.1, 0.15) is 18.2 Å². The molecule has 2 aliphatic rings. The molecule has 35 heavy (non-hydrogen) atoms. The van der Waals surface area contributed by atoms with Gasteiger partial charge in [-0.1, -0.05) is 48.0 Å². The number of aryl methyl sites for hydroxylation is 2. The van der Waals surface area contributed by atoms with Crippen LogP contribution in [0.3, 0.4) is 0 Å². The van der Waals surface area contributed by atoms with Gasteiger partial charge in [0, 0.05) is 47.3 Å². The fourth-order valence-corrected chi connectivity index (χ4v) is 5.23. The van der Waals surface area contributed by atoms with E-state index in [-0.39, 0.29) is 5.78 Å². The number of carbonyl (C=O) groups excluding carboxylic acids is 1. The van der Waals surface area contributed by atoms with E-state index >= 15 is 0 Å². The van der Waals surface area contributed by atoms with Crippen molar-refractivity contribution in [1.82, 2.24) is 9.47 Å². The Labute approximate surface area is 209 Å². The van der Waals surface area contributed by atoms with Gasteiger partial charge in [-0.2, -0.15) is 0 Å². The maximum atomic E-state index is 13.5. The molecule has 0 N–H and O–H groups in total. The van der Waals surface area contributed by atoms with E-state index in [9.17, 15) is 4.79 Å². The van der Waals surface area contributed by atoms with Gasteiger partial charge in [-0.3, -0.25) is 9.69 Å². The predicted molar refractivity (Wildman–Crippen MR) is 138 cm³/mol. The zero-order valence-electron chi connectivity index (χ0n) is 19.7. The second kappa shape index (κ2) is 8.59. The Kier molecular flexibility index (Phi) is 5.39. The van der Waals surface area contributed by atoms with Gasteiger partial charge in [0.2, 0.25) is 5.78 Å². The van der Waals surface area contributed by atoms with E-state index < -0.39 is 0 Å². The van der Waals surface area contributed by atoms with Crippen LogP contribution < -0.4 is 9.47 Å². The van der Waals surface area contributed by atoms with E-state index in [1.165, 1.54) is 0 Å². The van der Waals surface area contributed by atoms with Crippen LogP contribution in [0.5, 0.6) is 11.5 Å². The molecule has 0 saturated heterocycles. The van der Waals surface area contributed by atoms with Crippen LogP contribution in [0.25, 0.3) is 17.0 Å². The molecule has 6 heteroatoms. The number of ether oxygens (including phenoxy) is 2. The molecule has 4 aromatic rings. The molecule has 3 heterocycles. The number of hydrogen-bond acceptors (Lipinski definition) is 4. The number of Topliss-reactive ketones (excluding diaryl/α,β-unsaturated/α-hetero) is 1. The van der Waals surface area contributed by atoms with Crippen LogP contribution in [0.4, 0.5) is 0 Å². The molecule has 0 unspecified atom stereocenters. The summed E-state index contributed by atoms with van der Waals surface area (Å²) in [5, 5.41) is 1.83. The maximum Gasteiger partial charge on any atom is 0.232 e. The number of nitrogens with zero attached hydrogens (tertiary/aromatic N) is 2. The number of carbonyl (C=O) groups is 1. The van der Waals surface area contributed by atoms with Gasteiger partial charge >= 0.3 is 0 Å². The molecule has 0 atom stereocenters. The van der Waals surface area contributed by atoms with Gasteiger partial charge < -0.3 is 14.0 Å². The van der Waals surface area contributed by atoms with Gasteiger partial charge in [0.15, 0.2) is 5.76 Å². The Morgan fingerprint density at radius 1 is 1.11 bits per heavy atom. The predicted octanol–water partition coefficient (Wildman–Crippen LogP) is 6.59. The summed E-state index contributed by atoms with van der Waals surface area (Å²) in [6, 6.07) is 18.0. The Morgan fingerprint density at radius 3 is 2.74 bits per heavy atom. The summed E-state index contributed by atoms with van der Waals surface area (Å²) in [4.78, 5) is 15.6. The van der Waals surface area contributed by atoms with Crippen LogP contribution >= 0.6 is 11.6 Å². The summed E-state index contributed by atoms with van der Waals surface area (Å²) >= 11 is 6.38. The number of hydrogen-bond donors (Lipinski definition) is 0. The minimum absolute atomic E-state index is 0.0862. The molecule has 0 bridgehead atoms. The Balaban J connectivity index is 1.36. The molecule has 1 aromatic heterocycles. The fraction of sp³-hybridized carbons (Fsp3) is 0.207. The van der Waals surface area contributed by atoms with Crippen LogP contribution in [0.1, 0.15) is 39.5 Å². The lowest BCUT2D eigenvalue weighted by Crippen LogP contribution is -2.32. The van der Waals surface area contributed by atoms with Crippen LogP contribution in [-0.2, 0) is 19.6 Å². The largest absolute Gasteiger partial charge is 0.478 e. The quantitative estimate of drug-likeness (QED) is 0.306. The lowest BCUT2D eigenvalue weighted by atomic mass is 9.98. The molecule has 0 saturated carbocycles. The number of benzene rings is 3. The number of ketones is 1. The summed E-state index contributed by atoms with van der Waals surface area (Å²) in [7, 11) is 0. The molecule has 2 aliphatic heterocycles. The third kappa shape index (κ3) is 3.72. The zero-order valence-corrected chi connectivity index (χ0v) is 20.4. The third-order valence-corrected chi connectivity index (χ3v) is 7.15. The average molecular weight is 485 g/mol. The number of para-hydroxylation sites is 1. The van der Waals surface area contributed by atoms with E-state index in [1.807, 2.05) is 55.5 Å². The summed E-state index contributed by atoms with van der Waals surface area (Å²) in [5.41, 5.74) is 5.54. The topological polar surface area (TPSA) is 43.7 Å². The lowest BCUT2D eigenvalue weighted by molar-refractivity contribution is 0.0872. The first kappa shape index (κ1) is 22.0. The fourth-order valence-electron chi connectivity index (χ4n) is 5.04. The number of aromatic nitrogens is 1. The molecule has 176 valence electrons. The van der Waals surface area contributed by atoms with E-state index in [4.69, 9.17) is 21.1 Å². The summed E-state index contributed by atoms with van der Waals surface area (Å²) in [6.45, 7) is 6.60. The van der Waals surface area contributed by atoms with Gasteiger partial charge in [-0.25, -0.2) is 0 Å². The van der Waals surface area contributed by atoms with Crippen molar-refractivity contribution < 1.29 is 14.3 Å². The number of halogens is 1. The normalized spacial score (nSPS) is 16.3. The Bertz CT molecular complexity index is 1520. The van der Waals surface area contributed by atoms with Crippen LogP contribution in [0.15, 0.2) is 66.6 Å². The standard InChI is InChI=1S/C29H25ClN2O3/c1-3-32-15-20(21-9-5-7-11-24(21)32)13-26-28(33)27-18(2)12-25-22(29(27)35-26)16-31(17-34-25)14-19-8-4-6-10-23(19)30/h4-13,15H,3,14,16-17H2,1-2H3/b26-13-. The number of fused-ring (bicyclic) bond motifs is 4. The highest BCUT2D eigenvalue weighted by Crippen LogP contribution is 2.44. The molecule has 5 nitrogen and oxygen atoms in total. The molecule has 0 amide bonds. The molecule has 0 radical (unpaired) electrons. The van der Waals surface area contributed by atoms with Gasteiger partial charge in [0.05, 0.1) is 11.1 Å². The van der Waals surface area contributed by atoms with Crippen molar-refractivity contribution >= 4 is 34.4 Å². The van der Waals surface area contributed by atoms with Crippen molar-refractivity contribution in [2.24, 2.45) is 0 Å². The molecular weight excluding hydrogens is 460 g/mol. The monoisotopic (exact) mass is 484 g/mol. The SMILES string of the molecule is CCn1cc(/C=C2\Oc3c4c(cc(C)c3C2=O)OCN(Cc2ccccc2Cl)C4)c2ccccc21. The Morgan fingerprint density at radius 2 is 1.91 bits per heavy atom. The third-order valence-electron chi connectivity index (χ3n) is 6.79. The number of rotatable bonds is 4. The van der Waals surface area contributed by atoms with Crippen molar-refractivity contribution in [2.45, 2.75) is 33.5 Å². The van der Waals surface area contributed by atoms with Crippen LogP contribution in [0.2, 0.25) is 5.02 Å². The highest BCUT2D eigenvalue weighted by molar-refractivity contribution is 6.31. The molecular formula is C29H25ClN2O3. The second-order valence-corrected chi connectivity index (χ2v) is 9.46. The smallest absolute Gasteiger partial charge is 0.232 e. The van der Waals surface area contributed by atoms with E-state index in [0.29, 0.717) is 36.9 Å². The molecule has 0 aliphatic carbocycles. The minimum Gasteiger partial charge on any atom is -0.478 e. The molecule has 0 spiro atoms. The first-order valence-electron chi connectivity index (χ1n) is 11.8. The van der Waals surface area contributed by atoms with Gasteiger partial charge in [-0.05, 0) is 49.2 Å². The lowest BCUT2D eigenvalue weighted by Gasteiger charge is -2.30. The summed E-state index contributed by atoms with van der Waals surface area (Å²) in [6.07, 6.45) is 3.95. The summed E-state index contributed by atoms with van der Waals surface area (Å²) in [5.74, 6) is 1.64. The minimum atomic E-state index is -0.0862. The zero-order chi connectivity index (χ0) is 24.1. The highest BCUT2D eigenvalue weighted by Gasteiger charge is 2.35. The van der Waals surface area contributed by atoms with E-state index in [1.54, 1.807) is 0 Å². The van der Waals surface area contributed by atoms with E-state index in [2.05, 4.69) is 34.7 Å². The van der Waals surface area contributed by atoms with Crippen molar-refractivity contribution in [1.29, 1.82) is 0 Å². The molecule has 0 fully saturated rings. The molecule has 6 rings (SSSR count). The maximum absolute atomic E-state index is 13.5. The summed E-state index contributed by atoms with van der Waals surface area (Å²) < 4.78 is 14.6. The molecule has 3 aromatic carbocycles. The van der Waals surface area contributed by atoms with Crippen molar-refractivity contribution in [3.05, 3.63) is 99.4 Å². The first-order valence-corrected chi connectivity index (χ1v) is 12.2. The van der Waals surface area contributed by atoms with Crippen molar-refractivity contribution in [2.75, 3.05) is 6.73 Å². The van der Waals surface area contributed by atoms with Crippen molar-refractivity contribution in [3.8, 4) is 11.5 Å². The first-order chi connectivity index (χ1) is 17.0. The number of allylic oxidation sites excluding steroid dienone is 1. The second-order valence-electron chi connectivity index (χ2n) is 9.05. The van der Waals surface area contributed by atoms with Crippen molar-refractivity contribution in [3.63, 3.8) is 0 Å².